The summed E-state index contributed by atoms with van der Waals surface area (Å²) in [7, 11) is 0. The van der Waals surface area contributed by atoms with Gasteiger partial charge in [0.15, 0.2) is 0 Å². The topological polar surface area (TPSA) is 37.3 Å². The summed E-state index contributed by atoms with van der Waals surface area (Å²) < 4.78 is 0. The molecule has 0 aromatic rings. The predicted molar refractivity (Wildman–Crippen MR) is 45.2 cm³/mol. The zero-order valence-electron chi connectivity index (χ0n) is 6.42. The lowest BCUT2D eigenvalue weighted by molar-refractivity contribution is -0.107. The highest BCUT2D eigenvalue weighted by atomic mass is 16.3. The van der Waals surface area contributed by atoms with Crippen molar-refractivity contribution in [3.05, 3.63) is 36.5 Å². The van der Waals surface area contributed by atoms with Crippen molar-refractivity contribution in [2.75, 3.05) is 6.61 Å². The first-order valence-corrected chi connectivity index (χ1v) is 3.29. The maximum absolute atomic E-state index is 9.96. The van der Waals surface area contributed by atoms with Crippen molar-refractivity contribution in [3.63, 3.8) is 0 Å². The van der Waals surface area contributed by atoms with E-state index in [-0.39, 0.29) is 6.61 Å². The molecule has 0 aliphatic heterocycles. The van der Waals surface area contributed by atoms with Crippen molar-refractivity contribution in [2.24, 2.45) is 0 Å². The number of aliphatic hydroxyl groups is 1. The Labute approximate surface area is 66.5 Å². The highest BCUT2D eigenvalue weighted by molar-refractivity contribution is 5.55. The Bertz CT molecular complexity index is 190. The fourth-order valence-corrected chi connectivity index (χ4v) is 0.463. The Morgan fingerprint density at radius 3 is 2.27 bits per heavy atom. The molecule has 0 heterocycles. The number of hydrogen-bond acceptors (Lipinski definition) is 2. The molecule has 0 aromatic heterocycles. The van der Waals surface area contributed by atoms with Crippen LogP contribution >= 0.6 is 0 Å². The minimum Gasteiger partial charge on any atom is -0.392 e. The molecule has 1 N–H and O–H groups in total. The van der Waals surface area contributed by atoms with Gasteiger partial charge in [0.2, 0.25) is 0 Å². The van der Waals surface area contributed by atoms with Gasteiger partial charge in [-0.1, -0.05) is 25.3 Å². The SMILES string of the molecule is C=C(/C=C\C(=C)CC=O)CO. The van der Waals surface area contributed by atoms with Crippen LogP contribution in [0.1, 0.15) is 6.42 Å². The first-order chi connectivity index (χ1) is 5.20. The maximum Gasteiger partial charge on any atom is 0.124 e. The molecule has 0 saturated carbocycles. The van der Waals surface area contributed by atoms with Gasteiger partial charge in [-0.25, -0.2) is 0 Å². The van der Waals surface area contributed by atoms with Crippen molar-refractivity contribution >= 4 is 6.29 Å². The molecule has 0 fully saturated rings. The zero-order valence-corrected chi connectivity index (χ0v) is 6.42. The van der Waals surface area contributed by atoms with E-state index in [0.717, 1.165) is 11.9 Å². The zero-order chi connectivity index (χ0) is 8.69. The second-order valence-electron chi connectivity index (χ2n) is 2.18. The van der Waals surface area contributed by atoms with Crippen LogP contribution in [-0.4, -0.2) is 18.0 Å². The summed E-state index contributed by atoms with van der Waals surface area (Å²) in [5.41, 5.74) is 1.33. The maximum atomic E-state index is 9.96. The molecule has 0 aliphatic carbocycles. The molecule has 0 radical (unpaired) electrons. The summed E-state index contributed by atoms with van der Waals surface area (Å²) in [6.45, 7) is 7.08. The molecule has 11 heavy (non-hydrogen) atoms. The number of carbonyl (C=O) groups excluding carboxylic acids is 1. The highest BCUT2D eigenvalue weighted by Gasteiger charge is 1.86. The summed E-state index contributed by atoms with van der Waals surface area (Å²) >= 11 is 0. The van der Waals surface area contributed by atoms with Crippen LogP contribution in [0.2, 0.25) is 0 Å². The third kappa shape index (κ3) is 5.30. The lowest BCUT2D eigenvalue weighted by Gasteiger charge is -1.92. The lowest BCUT2D eigenvalue weighted by Crippen LogP contribution is -1.83. The third-order valence-electron chi connectivity index (χ3n) is 1.10. The van der Waals surface area contributed by atoms with E-state index >= 15 is 0 Å². The first-order valence-electron chi connectivity index (χ1n) is 3.29. The molecule has 0 aliphatic rings. The molecular formula is C9H12O2. The molecule has 2 nitrogen and oxygen atoms in total. The molecule has 0 atom stereocenters. The predicted octanol–water partition coefficient (Wildman–Crippen LogP) is 1.24. The standard InChI is InChI=1S/C9H12O2/c1-8(5-6-10)3-4-9(2)7-11/h3-4,6,11H,1-2,5,7H2/b4-3-. The normalized spacial score (nSPS) is 9.91. The monoisotopic (exact) mass is 152 g/mol. The van der Waals surface area contributed by atoms with Crippen LogP contribution in [0.15, 0.2) is 36.5 Å². The quantitative estimate of drug-likeness (QED) is 0.475. The van der Waals surface area contributed by atoms with E-state index < -0.39 is 0 Å². The molecule has 0 unspecified atom stereocenters. The van der Waals surface area contributed by atoms with Gasteiger partial charge in [0.25, 0.3) is 0 Å². The number of aldehydes is 1. The van der Waals surface area contributed by atoms with Crippen molar-refractivity contribution < 1.29 is 9.90 Å². The lowest BCUT2D eigenvalue weighted by atomic mass is 10.2. The first kappa shape index (κ1) is 9.85. The van der Waals surface area contributed by atoms with E-state index in [1.54, 1.807) is 12.2 Å². The summed E-state index contributed by atoms with van der Waals surface area (Å²) in [4.78, 5) is 9.96. The van der Waals surface area contributed by atoms with E-state index in [9.17, 15) is 4.79 Å². The van der Waals surface area contributed by atoms with Crippen LogP contribution in [0.5, 0.6) is 0 Å². The van der Waals surface area contributed by atoms with Gasteiger partial charge in [-0.2, -0.15) is 0 Å². The number of aliphatic hydroxyl groups excluding tert-OH is 1. The average molecular weight is 152 g/mol. The summed E-state index contributed by atoms with van der Waals surface area (Å²) in [6, 6.07) is 0. The van der Waals surface area contributed by atoms with Crippen molar-refractivity contribution in [1.29, 1.82) is 0 Å². The second-order valence-corrected chi connectivity index (χ2v) is 2.18. The van der Waals surface area contributed by atoms with Crippen LogP contribution in [-0.2, 0) is 4.79 Å². The van der Waals surface area contributed by atoms with Gasteiger partial charge in [0.05, 0.1) is 6.61 Å². The molecule has 60 valence electrons. The van der Waals surface area contributed by atoms with Gasteiger partial charge in [-0.15, -0.1) is 0 Å². The number of allylic oxidation sites excluding steroid dienone is 2. The molecular weight excluding hydrogens is 140 g/mol. The van der Waals surface area contributed by atoms with Crippen LogP contribution in [0.25, 0.3) is 0 Å². The van der Waals surface area contributed by atoms with Crippen LogP contribution in [0.3, 0.4) is 0 Å². The van der Waals surface area contributed by atoms with Crippen LogP contribution < -0.4 is 0 Å². The largest absolute Gasteiger partial charge is 0.392 e. The number of rotatable bonds is 5. The summed E-state index contributed by atoms with van der Waals surface area (Å²) in [5, 5.41) is 8.53. The van der Waals surface area contributed by atoms with E-state index in [4.69, 9.17) is 5.11 Å². The third-order valence-corrected chi connectivity index (χ3v) is 1.10. The Balaban J connectivity index is 3.82. The number of carbonyl (C=O) groups is 1. The van der Waals surface area contributed by atoms with E-state index in [1.807, 2.05) is 0 Å². The minimum absolute atomic E-state index is 0.0646. The molecule has 0 aromatic carbocycles. The second kappa shape index (κ2) is 5.62. The van der Waals surface area contributed by atoms with Crippen molar-refractivity contribution in [3.8, 4) is 0 Å². The molecule has 0 amide bonds. The molecule has 0 rings (SSSR count). The van der Waals surface area contributed by atoms with Crippen molar-refractivity contribution in [2.45, 2.75) is 6.42 Å². The molecule has 0 saturated heterocycles. The van der Waals surface area contributed by atoms with E-state index in [1.165, 1.54) is 0 Å². The van der Waals surface area contributed by atoms with Crippen molar-refractivity contribution in [1.82, 2.24) is 0 Å². The van der Waals surface area contributed by atoms with Gasteiger partial charge in [0, 0.05) is 6.42 Å². The van der Waals surface area contributed by atoms with E-state index in [2.05, 4.69) is 13.2 Å². The fourth-order valence-electron chi connectivity index (χ4n) is 0.463. The Morgan fingerprint density at radius 2 is 1.82 bits per heavy atom. The van der Waals surface area contributed by atoms with Gasteiger partial charge in [-0.05, 0) is 11.1 Å². The Hall–Kier alpha value is -1.15. The van der Waals surface area contributed by atoms with E-state index in [0.29, 0.717) is 12.0 Å². The van der Waals surface area contributed by atoms with Crippen LogP contribution in [0.4, 0.5) is 0 Å². The van der Waals surface area contributed by atoms with Gasteiger partial charge >= 0.3 is 0 Å². The summed E-state index contributed by atoms with van der Waals surface area (Å²) in [6.07, 6.45) is 4.43. The highest BCUT2D eigenvalue weighted by Crippen LogP contribution is 1.99. The van der Waals surface area contributed by atoms with Crippen LogP contribution in [0, 0.1) is 0 Å². The van der Waals surface area contributed by atoms with Gasteiger partial charge < -0.3 is 9.90 Å². The van der Waals surface area contributed by atoms with Gasteiger partial charge in [-0.3, -0.25) is 0 Å². The molecule has 0 bridgehead atoms. The fraction of sp³-hybridized carbons (Fsp3) is 0.222. The number of hydrogen-bond donors (Lipinski definition) is 1. The molecule has 0 spiro atoms. The Morgan fingerprint density at radius 1 is 1.27 bits per heavy atom. The Kier molecular flexibility index (Phi) is 5.03. The summed E-state index contributed by atoms with van der Waals surface area (Å²) in [5.74, 6) is 0. The minimum atomic E-state index is -0.0646. The smallest absolute Gasteiger partial charge is 0.124 e. The molecule has 2 heteroatoms. The average Bonchev–Trinajstić information content (AvgIpc) is 2.01. The van der Waals surface area contributed by atoms with Gasteiger partial charge in [0.1, 0.15) is 6.29 Å².